The highest BCUT2D eigenvalue weighted by Crippen LogP contribution is 2.31. The van der Waals surface area contributed by atoms with Gasteiger partial charge in [0.15, 0.2) is 5.82 Å². The van der Waals surface area contributed by atoms with Crippen LogP contribution in [-0.4, -0.2) is 22.8 Å². The van der Waals surface area contributed by atoms with Gasteiger partial charge in [0.1, 0.15) is 5.69 Å². The first-order valence-corrected chi connectivity index (χ1v) is 9.52. The number of fused-ring (bicyclic) bond motifs is 1. The SMILES string of the molecule is CCOC(=O)c1ccc(-c2nnc(Nc3ccc(C)cc3)c3ccccc23)cc1. The van der Waals surface area contributed by atoms with Crippen molar-refractivity contribution in [2.75, 3.05) is 11.9 Å². The number of ether oxygens (including phenoxy) is 1. The molecular formula is C24H21N3O2. The Hall–Kier alpha value is -3.73. The molecule has 0 saturated carbocycles. The number of nitrogens with zero attached hydrogens (tertiary/aromatic N) is 2. The molecule has 29 heavy (non-hydrogen) atoms. The van der Waals surface area contributed by atoms with Gasteiger partial charge in [-0.25, -0.2) is 4.79 Å². The van der Waals surface area contributed by atoms with E-state index in [9.17, 15) is 4.79 Å². The summed E-state index contributed by atoms with van der Waals surface area (Å²) in [7, 11) is 0. The van der Waals surface area contributed by atoms with Gasteiger partial charge in [0.25, 0.3) is 0 Å². The molecule has 0 unspecified atom stereocenters. The fourth-order valence-corrected chi connectivity index (χ4v) is 3.16. The van der Waals surface area contributed by atoms with Crippen LogP contribution in [0.3, 0.4) is 0 Å². The second-order valence-electron chi connectivity index (χ2n) is 6.73. The van der Waals surface area contributed by atoms with Crippen LogP contribution in [0.5, 0.6) is 0 Å². The van der Waals surface area contributed by atoms with Crippen LogP contribution in [0.2, 0.25) is 0 Å². The van der Waals surface area contributed by atoms with E-state index < -0.39 is 0 Å². The Labute approximate surface area is 169 Å². The van der Waals surface area contributed by atoms with Crippen LogP contribution >= 0.6 is 0 Å². The highest BCUT2D eigenvalue weighted by atomic mass is 16.5. The molecule has 4 aromatic rings. The van der Waals surface area contributed by atoms with E-state index >= 15 is 0 Å². The second-order valence-corrected chi connectivity index (χ2v) is 6.73. The van der Waals surface area contributed by atoms with Gasteiger partial charge in [-0.2, -0.15) is 0 Å². The Morgan fingerprint density at radius 2 is 1.59 bits per heavy atom. The number of hydrogen-bond donors (Lipinski definition) is 1. The fraction of sp³-hybridized carbons (Fsp3) is 0.125. The topological polar surface area (TPSA) is 64.1 Å². The van der Waals surface area contributed by atoms with E-state index in [2.05, 4.69) is 34.6 Å². The number of aryl methyl sites for hydroxylation is 1. The monoisotopic (exact) mass is 383 g/mol. The summed E-state index contributed by atoms with van der Waals surface area (Å²) in [4.78, 5) is 11.9. The molecule has 0 saturated heterocycles. The second kappa shape index (κ2) is 8.10. The van der Waals surface area contributed by atoms with Crippen molar-refractivity contribution in [1.29, 1.82) is 0 Å². The Kier molecular flexibility index (Phi) is 5.20. The predicted octanol–water partition coefficient (Wildman–Crippen LogP) is 5.53. The molecule has 3 aromatic carbocycles. The van der Waals surface area contributed by atoms with E-state index in [1.165, 1.54) is 5.56 Å². The van der Waals surface area contributed by atoms with Crippen LogP contribution in [0, 0.1) is 6.92 Å². The van der Waals surface area contributed by atoms with E-state index in [0.29, 0.717) is 18.0 Å². The number of aromatic nitrogens is 2. The molecule has 0 atom stereocenters. The van der Waals surface area contributed by atoms with E-state index in [1.807, 2.05) is 48.5 Å². The van der Waals surface area contributed by atoms with Gasteiger partial charge in [0, 0.05) is 22.0 Å². The minimum atomic E-state index is -0.326. The summed E-state index contributed by atoms with van der Waals surface area (Å²) in [6, 6.07) is 23.4. The third-order valence-electron chi connectivity index (χ3n) is 4.67. The third-order valence-corrected chi connectivity index (χ3v) is 4.67. The lowest BCUT2D eigenvalue weighted by molar-refractivity contribution is 0.0526. The molecular weight excluding hydrogens is 362 g/mol. The summed E-state index contributed by atoms with van der Waals surface area (Å²) in [5.41, 5.74) is 4.34. The molecule has 1 heterocycles. The fourth-order valence-electron chi connectivity index (χ4n) is 3.16. The van der Waals surface area contributed by atoms with E-state index in [1.54, 1.807) is 19.1 Å². The van der Waals surface area contributed by atoms with Gasteiger partial charge in [-0.15, -0.1) is 10.2 Å². The third kappa shape index (κ3) is 3.94. The molecule has 4 rings (SSSR count). The van der Waals surface area contributed by atoms with E-state index in [4.69, 9.17) is 4.74 Å². The number of anilines is 2. The number of esters is 1. The van der Waals surface area contributed by atoms with E-state index in [-0.39, 0.29) is 5.97 Å². The van der Waals surface area contributed by atoms with Gasteiger partial charge < -0.3 is 10.1 Å². The minimum absolute atomic E-state index is 0.326. The van der Waals surface area contributed by atoms with Crippen molar-refractivity contribution >= 4 is 28.2 Å². The Balaban J connectivity index is 1.71. The van der Waals surface area contributed by atoms with Crippen LogP contribution in [0.1, 0.15) is 22.8 Å². The maximum atomic E-state index is 11.9. The molecule has 0 aliphatic heterocycles. The molecule has 0 spiro atoms. The van der Waals surface area contributed by atoms with Crippen LogP contribution in [0.15, 0.2) is 72.8 Å². The molecule has 5 nitrogen and oxygen atoms in total. The molecule has 0 bridgehead atoms. The lowest BCUT2D eigenvalue weighted by atomic mass is 10.0. The van der Waals surface area contributed by atoms with Crippen molar-refractivity contribution in [3.8, 4) is 11.3 Å². The number of carbonyl (C=O) groups excluding carboxylic acids is 1. The lowest BCUT2D eigenvalue weighted by Gasteiger charge is -2.11. The van der Waals surface area contributed by atoms with Crippen molar-refractivity contribution in [3.05, 3.63) is 83.9 Å². The van der Waals surface area contributed by atoms with Crippen LogP contribution in [0.4, 0.5) is 11.5 Å². The summed E-state index contributed by atoms with van der Waals surface area (Å²) in [6.45, 7) is 4.20. The summed E-state index contributed by atoms with van der Waals surface area (Å²) in [5, 5.41) is 14.2. The molecule has 0 aliphatic rings. The maximum absolute atomic E-state index is 11.9. The van der Waals surface area contributed by atoms with Crippen molar-refractivity contribution < 1.29 is 9.53 Å². The molecule has 0 aliphatic carbocycles. The maximum Gasteiger partial charge on any atom is 0.338 e. The molecule has 144 valence electrons. The first-order valence-electron chi connectivity index (χ1n) is 9.52. The average Bonchev–Trinajstić information content (AvgIpc) is 2.76. The highest BCUT2D eigenvalue weighted by Gasteiger charge is 2.12. The number of nitrogens with one attached hydrogen (secondary N) is 1. The summed E-state index contributed by atoms with van der Waals surface area (Å²) in [6.07, 6.45) is 0. The minimum Gasteiger partial charge on any atom is -0.462 e. The summed E-state index contributed by atoms with van der Waals surface area (Å²) < 4.78 is 5.05. The standard InChI is InChI=1S/C24H21N3O2/c1-3-29-24(28)18-12-10-17(11-13-18)22-20-6-4-5-7-21(20)23(27-26-22)25-19-14-8-16(2)9-15-19/h4-15H,3H2,1-2H3,(H,25,27). The van der Waals surface area contributed by atoms with Crippen molar-refractivity contribution in [2.24, 2.45) is 0 Å². The molecule has 1 aromatic heterocycles. The number of carbonyl (C=O) groups is 1. The first kappa shape index (κ1) is 18.6. The molecule has 0 radical (unpaired) electrons. The smallest absolute Gasteiger partial charge is 0.338 e. The predicted molar refractivity (Wildman–Crippen MR) is 115 cm³/mol. The Morgan fingerprint density at radius 3 is 2.28 bits per heavy atom. The zero-order valence-electron chi connectivity index (χ0n) is 16.3. The largest absolute Gasteiger partial charge is 0.462 e. The quantitative estimate of drug-likeness (QED) is 0.459. The van der Waals surface area contributed by atoms with Crippen molar-refractivity contribution in [1.82, 2.24) is 10.2 Å². The molecule has 1 N–H and O–H groups in total. The zero-order chi connectivity index (χ0) is 20.2. The Bertz CT molecular complexity index is 1150. The van der Waals surface area contributed by atoms with Crippen molar-refractivity contribution in [3.63, 3.8) is 0 Å². The molecule has 0 fully saturated rings. The van der Waals surface area contributed by atoms with Gasteiger partial charge >= 0.3 is 5.97 Å². The highest BCUT2D eigenvalue weighted by molar-refractivity contribution is 6.01. The van der Waals surface area contributed by atoms with Crippen molar-refractivity contribution in [2.45, 2.75) is 13.8 Å². The van der Waals surface area contributed by atoms with Crippen LogP contribution in [0.25, 0.3) is 22.0 Å². The lowest BCUT2D eigenvalue weighted by Crippen LogP contribution is -2.04. The summed E-state index contributed by atoms with van der Waals surface area (Å²) >= 11 is 0. The molecule has 5 heteroatoms. The normalized spacial score (nSPS) is 10.7. The van der Waals surface area contributed by atoms with E-state index in [0.717, 1.165) is 27.7 Å². The summed E-state index contributed by atoms with van der Waals surface area (Å²) in [5.74, 6) is 0.379. The number of hydrogen-bond acceptors (Lipinski definition) is 5. The van der Waals surface area contributed by atoms with Crippen LogP contribution < -0.4 is 5.32 Å². The van der Waals surface area contributed by atoms with Crippen LogP contribution in [-0.2, 0) is 4.74 Å². The van der Waals surface area contributed by atoms with Gasteiger partial charge in [0.05, 0.1) is 12.2 Å². The van der Waals surface area contributed by atoms with Gasteiger partial charge in [0.2, 0.25) is 0 Å². The van der Waals surface area contributed by atoms with Gasteiger partial charge in [-0.3, -0.25) is 0 Å². The Morgan fingerprint density at radius 1 is 0.897 bits per heavy atom. The number of rotatable bonds is 5. The first-order chi connectivity index (χ1) is 14.2. The molecule has 0 amide bonds. The average molecular weight is 383 g/mol. The van der Waals surface area contributed by atoms with Gasteiger partial charge in [-0.1, -0.05) is 54.1 Å². The number of benzene rings is 3. The zero-order valence-corrected chi connectivity index (χ0v) is 16.3. The van der Waals surface area contributed by atoms with Gasteiger partial charge in [-0.05, 0) is 38.1 Å².